The Hall–Kier alpha value is -1.44. The molecule has 1 aliphatic heterocycles. The third kappa shape index (κ3) is 3.56. The molecule has 1 aromatic heterocycles. The fourth-order valence-electron chi connectivity index (χ4n) is 2.60. The number of nitrogens with two attached hydrogens (primary N) is 1. The van der Waals surface area contributed by atoms with Crippen LogP contribution in [0.3, 0.4) is 0 Å². The van der Waals surface area contributed by atoms with Gasteiger partial charge in [-0.25, -0.2) is 20.8 Å². The fraction of sp³-hybridized carbons (Fsp3) is 0.692. The number of piperidine rings is 1. The average molecular weight is 280 g/mol. The van der Waals surface area contributed by atoms with Crippen molar-refractivity contribution in [3.8, 4) is 0 Å². The van der Waals surface area contributed by atoms with Gasteiger partial charge in [0.05, 0.1) is 0 Å². The Labute approximate surface area is 119 Å². The van der Waals surface area contributed by atoms with Crippen LogP contribution in [-0.4, -0.2) is 34.2 Å². The van der Waals surface area contributed by atoms with E-state index < -0.39 is 0 Å². The van der Waals surface area contributed by atoms with E-state index in [9.17, 15) is 0 Å². The molecule has 0 aliphatic carbocycles. The van der Waals surface area contributed by atoms with Crippen LogP contribution in [0.4, 0.5) is 11.6 Å². The molecule has 0 radical (unpaired) electrons. The fourth-order valence-corrected chi connectivity index (χ4v) is 2.60. The lowest BCUT2D eigenvalue weighted by Gasteiger charge is -2.39. The van der Waals surface area contributed by atoms with Gasteiger partial charge in [0.15, 0.2) is 5.82 Å². The minimum atomic E-state index is 0.356. The number of ether oxygens (including phenoxy) is 1. The van der Waals surface area contributed by atoms with Crippen LogP contribution < -0.4 is 16.7 Å². The predicted molar refractivity (Wildman–Crippen MR) is 78.8 cm³/mol. The Bertz CT molecular complexity index is 431. The second-order valence-corrected chi connectivity index (χ2v) is 5.28. The molecule has 2 heterocycles. The van der Waals surface area contributed by atoms with Crippen LogP contribution in [0.25, 0.3) is 0 Å². The summed E-state index contributed by atoms with van der Waals surface area (Å²) in [5.41, 5.74) is 5.95. The highest BCUT2D eigenvalue weighted by atomic mass is 16.5. The van der Waals surface area contributed by atoms with Gasteiger partial charge in [0.1, 0.15) is 18.2 Å². The van der Waals surface area contributed by atoms with E-state index in [2.05, 4.69) is 39.7 Å². The zero-order valence-electron chi connectivity index (χ0n) is 12.4. The van der Waals surface area contributed by atoms with Crippen molar-refractivity contribution >= 4 is 11.6 Å². The van der Waals surface area contributed by atoms with Crippen molar-refractivity contribution in [2.75, 3.05) is 18.0 Å². The van der Waals surface area contributed by atoms with Gasteiger partial charge in [0.2, 0.25) is 0 Å². The summed E-state index contributed by atoms with van der Waals surface area (Å²) in [5, 5.41) is 2.25. The topological polar surface area (TPSA) is 88.3 Å². The SMILES string of the molecule is COCc1nc(NN)cc(NN2C(C)CCCC2C)n1. The van der Waals surface area contributed by atoms with Gasteiger partial charge in [-0.05, 0) is 26.7 Å². The second-order valence-electron chi connectivity index (χ2n) is 5.28. The van der Waals surface area contributed by atoms with Gasteiger partial charge >= 0.3 is 0 Å². The minimum Gasteiger partial charge on any atom is -0.377 e. The van der Waals surface area contributed by atoms with Gasteiger partial charge in [-0.2, -0.15) is 0 Å². The molecule has 2 atom stereocenters. The Balaban J connectivity index is 2.16. The van der Waals surface area contributed by atoms with E-state index in [-0.39, 0.29) is 0 Å². The number of nitrogens with one attached hydrogen (secondary N) is 2. The molecule has 0 saturated carbocycles. The molecule has 1 aromatic rings. The molecule has 1 aliphatic rings. The summed E-state index contributed by atoms with van der Waals surface area (Å²) in [6, 6.07) is 2.76. The van der Waals surface area contributed by atoms with Gasteiger partial charge in [0.25, 0.3) is 0 Å². The van der Waals surface area contributed by atoms with Gasteiger partial charge < -0.3 is 15.6 Å². The summed E-state index contributed by atoms with van der Waals surface area (Å²) in [6.45, 7) is 4.80. The number of aromatic nitrogens is 2. The highest BCUT2D eigenvalue weighted by Gasteiger charge is 2.25. The number of nitrogens with zero attached hydrogens (tertiary/aromatic N) is 3. The summed E-state index contributed by atoms with van der Waals surface area (Å²) < 4.78 is 5.08. The van der Waals surface area contributed by atoms with Crippen molar-refractivity contribution in [1.29, 1.82) is 0 Å². The van der Waals surface area contributed by atoms with E-state index in [4.69, 9.17) is 10.6 Å². The van der Waals surface area contributed by atoms with E-state index in [1.807, 2.05) is 0 Å². The molecule has 7 heteroatoms. The number of hydrogen-bond donors (Lipinski definition) is 3. The van der Waals surface area contributed by atoms with E-state index in [0.29, 0.717) is 30.3 Å². The first kappa shape index (κ1) is 15.0. The quantitative estimate of drug-likeness (QED) is 0.556. The molecule has 1 fully saturated rings. The monoisotopic (exact) mass is 280 g/mol. The zero-order chi connectivity index (χ0) is 14.5. The molecule has 20 heavy (non-hydrogen) atoms. The zero-order valence-corrected chi connectivity index (χ0v) is 12.4. The maximum atomic E-state index is 5.45. The number of anilines is 2. The second kappa shape index (κ2) is 6.83. The molecule has 4 N–H and O–H groups in total. The lowest BCUT2D eigenvalue weighted by molar-refractivity contribution is 0.134. The Morgan fingerprint density at radius 1 is 1.30 bits per heavy atom. The average Bonchev–Trinajstić information content (AvgIpc) is 2.43. The third-order valence-corrected chi connectivity index (χ3v) is 3.63. The van der Waals surface area contributed by atoms with E-state index in [1.54, 1.807) is 13.2 Å². The highest BCUT2D eigenvalue weighted by Crippen LogP contribution is 2.23. The van der Waals surface area contributed by atoms with Crippen LogP contribution >= 0.6 is 0 Å². The van der Waals surface area contributed by atoms with Crippen LogP contribution in [-0.2, 0) is 11.3 Å². The lowest BCUT2D eigenvalue weighted by Crippen LogP contribution is -2.47. The molecule has 0 bridgehead atoms. The van der Waals surface area contributed by atoms with E-state index in [1.165, 1.54) is 19.3 Å². The van der Waals surface area contributed by atoms with Crippen molar-refractivity contribution < 1.29 is 4.74 Å². The van der Waals surface area contributed by atoms with Gasteiger partial charge in [-0.3, -0.25) is 0 Å². The molecule has 2 rings (SSSR count). The number of nitrogen functional groups attached to an aromatic ring is 1. The van der Waals surface area contributed by atoms with Crippen molar-refractivity contribution in [1.82, 2.24) is 15.0 Å². The first-order valence-electron chi connectivity index (χ1n) is 7.02. The predicted octanol–water partition coefficient (Wildman–Crippen LogP) is 1.50. The lowest BCUT2D eigenvalue weighted by atomic mass is 10.00. The Morgan fingerprint density at radius 3 is 2.55 bits per heavy atom. The van der Waals surface area contributed by atoms with Crippen molar-refractivity contribution in [3.05, 3.63) is 11.9 Å². The van der Waals surface area contributed by atoms with Crippen LogP contribution in [0.5, 0.6) is 0 Å². The molecule has 0 amide bonds. The highest BCUT2D eigenvalue weighted by molar-refractivity contribution is 5.46. The number of hydrogen-bond acceptors (Lipinski definition) is 7. The molecule has 7 nitrogen and oxygen atoms in total. The van der Waals surface area contributed by atoms with Gasteiger partial charge in [-0.15, -0.1) is 0 Å². The van der Waals surface area contributed by atoms with E-state index in [0.717, 1.165) is 5.82 Å². The minimum absolute atomic E-state index is 0.356. The largest absolute Gasteiger partial charge is 0.377 e. The molecule has 0 aromatic carbocycles. The summed E-state index contributed by atoms with van der Waals surface area (Å²) in [4.78, 5) is 8.69. The summed E-state index contributed by atoms with van der Waals surface area (Å²) in [5.74, 6) is 7.36. The number of hydrazine groups is 2. The number of methoxy groups -OCH3 is 1. The first-order chi connectivity index (χ1) is 9.63. The molecule has 1 saturated heterocycles. The maximum Gasteiger partial charge on any atom is 0.158 e. The smallest absolute Gasteiger partial charge is 0.158 e. The summed E-state index contributed by atoms with van der Waals surface area (Å²) >= 11 is 0. The summed E-state index contributed by atoms with van der Waals surface area (Å²) in [7, 11) is 1.62. The van der Waals surface area contributed by atoms with Crippen molar-refractivity contribution in [2.24, 2.45) is 5.84 Å². The first-order valence-corrected chi connectivity index (χ1v) is 7.02. The summed E-state index contributed by atoms with van der Waals surface area (Å²) in [6.07, 6.45) is 3.65. The molecular formula is C13H24N6O. The van der Waals surface area contributed by atoms with Crippen molar-refractivity contribution in [2.45, 2.75) is 51.8 Å². The third-order valence-electron chi connectivity index (χ3n) is 3.63. The van der Waals surface area contributed by atoms with Crippen molar-refractivity contribution in [3.63, 3.8) is 0 Å². The Kier molecular flexibility index (Phi) is 5.11. The molecule has 112 valence electrons. The van der Waals surface area contributed by atoms with E-state index >= 15 is 0 Å². The Morgan fingerprint density at radius 2 is 1.95 bits per heavy atom. The number of rotatable bonds is 5. The molecule has 2 unspecified atom stereocenters. The standard InChI is InChI=1S/C13H24N6O/c1-9-5-4-6-10(2)19(9)18-12-7-11(17-14)15-13(16-12)8-20-3/h7,9-10H,4-6,8,14H2,1-3H3,(H2,15,16,17,18). The normalized spacial score (nSPS) is 23.6. The van der Waals surface area contributed by atoms with Crippen LogP contribution in [0.1, 0.15) is 38.9 Å². The molecular weight excluding hydrogens is 256 g/mol. The molecule has 0 spiro atoms. The maximum absolute atomic E-state index is 5.45. The van der Waals surface area contributed by atoms with Crippen LogP contribution in [0, 0.1) is 0 Å². The van der Waals surface area contributed by atoms with Crippen LogP contribution in [0.2, 0.25) is 0 Å². The van der Waals surface area contributed by atoms with Gasteiger partial charge in [0, 0.05) is 25.3 Å². The van der Waals surface area contributed by atoms with Crippen LogP contribution in [0.15, 0.2) is 6.07 Å². The van der Waals surface area contributed by atoms with Gasteiger partial charge in [-0.1, -0.05) is 6.42 Å².